The van der Waals surface area contributed by atoms with Gasteiger partial charge in [-0.05, 0) is 30.2 Å². The van der Waals surface area contributed by atoms with Gasteiger partial charge in [-0.1, -0.05) is 56.3 Å². The van der Waals surface area contributed by atoms with Crippen molar-refractivity contribution < 1.29 is 0 Å². The summed E-state index contributed by atoms with van der Waals surface area (Å²) in [4.78, 5) is 0. The van der Waals surface area contributed by atoms with E-state index in [1.807, 2.05) is 13.8 Å². The molecular formula is C16H23N3. The molecule has 0 unspecified atom stereocenters. The molecule has 0 aliphatic rings. The van der Waals surface area contributed by atoms with Gasteiger partial charge in [0.15, 0.2) is 0 Å². The SMILES string of the molecule is C=N/N=C(\C)N.CC.Cc1cccc2ccccc12. The van der Waals surface area contributed by atoms with E-state index < -0.39 is 0 Å². The highest BCUT2D eigenvalue weighted by atomic mass is 15.2. The highest BCUT2D eigenvalue weighted by Gasteiger charge is 1.92. The zero-order valence-electron chi connectivity index (χ0n) is 12.2. The van der Waals surface area contributed by atoms with Crippen LogP contribution in [0.2, 0.25) is 0 Å². The molecular weight excluding hydrogens is 234 g/mol. The van der Waals surface area contributed by atoms with E-state index in [0.717, 1.165) is 0 Å². The summed E-state index contributed by atoms with van der Waals surface area (Å²) in [6.45, 7) is 10.9. The van der Waals surface area contributed by atoms with E-state index in [1.165, 1.54) is 16.3 Å². The minimum absolute atomic E-state index is 0.435. The highest BCUT2D eigenvalue weighted by Crippen LogP contribution is 2.16. The van der Waals surface area contributed by atoms with Crippen molar-refractivity contribution in [2.45, 2.75) is 27.7 Å². The Balaban J connectivity index is 0.000000350. The van der Waals surface area contributed by atoms with Gasteiger partial charge in [-0.15, -0.1) is 5.10 Å². The Morgan fingerprint density at radius 3 is 2.11 bits per heavy atom. The molecule has 2 aromatic rings. The number of nitrogens with two attached hydrogens (primary N) is 1. The Bertz CT molecular complexity index is 521. The summed E-state index contributed by atoms with van der Waals surface area (Å²) in [6.07, 6.45) is 0. The van der Waals surface area contributed by atoms with Crippen LogP contribution in [0, 0.1) is 6.92 Å². The number of nitrogens with zero attached hydrogens (tertiary/aromatic N) is 2. The van der Waals surface area contributed by atoms with Crippen molar-refractivity contribution in [3.8, 4) is 0 Å². The molecule has 0 saturated carbocycles. The van der Waals surface area contributed by atoms with Crippen molar-refractivity contribution in [1.82, 2.24) is 0 Å². The molecule has 0 fully saturated rings. The van der Waals surface area contributed by atoms with Crippen molar-refractivity contribution >= 4 is 23.3 Å². The minimum atomic E-state index is 0.435. The maximum atomic E-state index is 5.02. The Morgan fingerprint density at radius 1 is 1.05 bits per heavy atom. The first-order valence-electron chi connectivity index (χ1n) is 6.35. The molecule has 0 radical (unpaired) electrons. The van der Waals surface area contributed by atoms with E-state index in [9.17, 15) is 0 Å². The van der Waals surface area contributed by atoms with Crippen LogP contribution in [0.1, 0.15) is 26.3 Å². The van der Waals surface area contributed by atoms with Crippen LogP contribution in [-0.2, 0) is 0 Å². The fraction of sp³-hybridized carbons (Fsp3) is 0.250. The van der Waals surface area contributed by atoms with Gasteiger partial charge in [0.25, 0.3) is 0 Å². The van der Waals surface area contributed by atoms with Crippen molar-refractivity contribution in [1.29, 1.82) is 0 Å². The molecule has 0 aromatic heterocycles. The minimum Gasteiger partial charge on any atom is -0.386 e. The second-order valence-electron chi connectivity index (χ2n) is 3.68. The van der Waals surface area contributed by atoms with E-state index in [-0.39, 0.29) is 0 Å². The predicted octanol–water partition coefficient (Wildman–Crippen LogP) is 4.15. The van der Waals surface area contributed by atoms with Crippen LogP contribution < -0.4 is 5.73 Å². The summed E-state index contributed by atoms with van der Waals surface area (Å²) in [7, 11) is 0. The molecule has 19 heavy (non-hydrogen) atoms. The van der Waals surface area contributed by atoms with Crippen LogP contribution in [0.25, 0.3) is 10.8 Å². The number of hydrogen-bond acceptors (Lipinski definition) is 2. The highest BCUT2D eigenvalue weighted by molar-refractivity contribution is 5.85. The standard InChI is InChI=1S/C11H10.C3H7N3.C2H6/c1-9-5-4-7-10-6-2-3-8-11(9)10;1-3(4)6-5-2;1-2/h2-8H,1H3;2H2,1H3,(H2,4,6);1-2H3. The summed E-state index contributed by atoms with van der Waals surface area (Å²) in [5, 5.41) is 9.16. The van der Waals surface area contributed by atoms with Crippen LogP contribution >= 0.6 is 0 Å². The number of benzene rings is 2. The zero-order valence-corrected chi connectivity index (χ0v) is 12.2. The van der Waals surface area contributed by atoms with Gasteiger partial charge in [-0.3, -0.25) is 0 Å². The largest absolute Gasteiger partial charge is 0.386 e. The van der Waals surface area contributed by atoms with Gasteiger partial charge in [0.1, 0.15) is 5.84 Å². The molecule has 0 bridgehead atoms. The molecule has 0 amide bonds. The van der Waals surface area contributed by atoms with Crippen LogP contribution in [0.3, 0.4) is 0 Å². The van der Waals surface area contributed by atoms with Gasteiger partial charge in [0.05, 0.1) is 0 Å². The summed E-state index contributed by atoms with van der Waals surface area (Å²) in [5.41, 5.74) is 6.37. The van der Waals surface area contributed by atoms with Crippen molar-refractivity contribution in [3.05, 3.63) is 48.0 Å². The third-order valence-corrected chi connectivity index (χ3v) is 2.24. The number of aryl methyl sites for hydroxylation is 1. The molecule has 0 aliphatic heterocycles. The Hall–Kier alpha value is -2.16. The lowest BCUT2D eigenvalue weighted by Crippen LogP contribution is -2.03. The van der Waals surface area contributed by atoms with Crippen LogP contribution in [0.5, 0.6) is 0 Å². The molecule has 3 nitrogen and oxygen atoms in total. The molecule has 2 aromatic carbocycles. The van der Waals surface area contributed by atoms with Gasteiger partial charge in [-0.2, -0.15) is 5.10 Å². The van der Waals surface area contributed by atoms with E-state index in [0.29, 0.717) is 5.84 Å². The maximum absolute atomic E-state index is 5.02. The summed E-state index contributed by atoms with van der Waals surface area (Å²) in [5.74, 6) is 0.435. The number of rotatable bonds is 1. The van der Waals surface area contributed by atoms with E-state index in [1.54, 1.807) is 6.92 Å². The van der Waals surface area contributed by atoms with Crippen LogP contribution in [-0.4, -0.2) is 12.6 Å². The number of hydrogen-bond donors (Lipinski definition) is 1. The first kappa shape index (κ1) is 16.8. The first-order valence-corrected chi connectivity index (χ1v) is 6.35. The molecule has 0 heterocycles. The van der Waals surface area contributed by atoms with Crippen molar-refractivity contribution in [2.24, 2.45) is 15.9 Å². The molecule has 0 saturated heterocycles. The second-order valence-corrected chi connectivity index (χ2v) is 3.68. The molecule has 2 N–H and O–H groups in total. The number of amidine groups is 1. The molecule has 0 spiro atoms. The van der Waals surface area contributed by atoms with Gasteiger partial charge in [-0.25, -0.2) is 0 Å². The van der Waals surface area contributed by atoms with Gasteiger partial charge in [0, 0.05) is 6.72 Å². The quantitative estimate of drug-likeness (QED) is 0.465. The maximum Gasteiger partial charge on any atom is 0.119 e. The Labute approximate surface area is 115 Å². The smallest absolute Gasteiger partial charge is 0.119 e. The fourth-order valence-corrected chi connectivity index (χ4v) is 1.50. The Morgan fingerprint density at radius 2 is 1.63 bits per heavy atom. The average molecular weight is 257 g/mol. The van der Waals surface area contributed by atoms with Gasteiger partial charge in [0.2, 0.25) is 0 Å². The molecule has 102 valence electrons. The first-order chi connectivity index (χ1) is 9.15. The lowest BCUT2D eigenvalue weighted by atomic mass is 10.1. The lowest BCUT2D eigenvalue weighted by Gasteiger charge is -1.98. The van der Waals surface area contributed by atoms with E-state index >= 15 is 0 Å². The van der Waals surface area contributed by atoms with Crippen LogP contribution in [0.4, 0.5) is 0 Å². The third kappa shape index (κ3) is 6.36. The summed E-state index contributed by atoms with van der Waals surface area (Å²) < 4.78 is 0. The summed E-state index contributed by atoms with van der Waals surface area (Å²) in [6, 6.07) is 14.8. The van der Waals surface area contributed by atoms with E-state index in [2.05, 4.69) is 66.3 Å². The normalized spacial score (nSPS) is 9.79. The number of fused-ring (bicyclic) bond motifs is 1. The van der Waals surface area contributed by atoms with E-state index in [4.69, 9.17) is 5.73 Å². The zero-order chi connectivity index (χ0) is 14.7. The van der Waals surface area contributed by atoms with Crippen molar-refractivity contribution in [2.75, 3.05) is 0 Å². The molecule has 3 heteroatoms. The summed E-state index contributed by atoms with van der Waals surface area (Å²) >= 11 is 0. The second kappa shape index (κ2) is 9.83. The lowest BCUT2D eigenvalue weighted by molar-refractivity contribution is 1.24. The topological polar surface area (TPSA) is 50.7 Å². The van der Waals surface area contributed by atoms with Gasteiger partial charge >= 0.3 is 0 Å². The Kier molecular flexibility index (Phi) is 8.71. The predicted molar refractivity (Wildman–Crippen MR) is 86.9 cm³/mol. The third-order valence-electron chi connectivity index (χ3n) is 2.24. The monoisotopic (exact) mass is 257 g/mol. The molecule has 0 aliphatic carbocycles. The van der Waals surface area contributed by atoms with Gasteiger partial charge < -0.3 is 5.73 Å². The molecule has 0 atom stereocenters. The van der Waals surface area contributed by atoms with Crippen molar-refractivity contribution in [3.63, 3.8) is 0 Å². The average Bonchev–Trinajstić information content (AvgIpc) is 2.42. The van der Waals surface area contributed by atoms with Crippen LogP contribution in [0.15, 0.2) is 52.7 Å². The molecule has 2 rings (SSSR count). The fourth-order valence-electron chi connectivity index (χ4n) is 1.50.